The third-order valence-electron chi connectivity index (χ3n) is 4.44. The lowest BCUT2D eigenvalue weighted by Crippen LogP contribution is -2.14. The summed E-state index contributed by atoms with van der Waals surface area (Å²) < 4.78 is 59.7. The van der Waals surface area contributed by atoms with Crippen molar-refractivity contribution in [1.82, 2.24) is 15.1 Å². The van der Waals surface area contributed by atoms with Gasteiger partial charge in [0.2, 0.25) is 5.88 Å². The number of pyridine rings is 2. The predicted molar refractivity (Wildman–Crippen MR) is 94.9 cm³/mol. The van der Waals surface area contributed by atoms with Crippen molar-refractivity contribution in [1.29, 1.82) is 0 Å². The van der Waals surface area contributed by atoms with Crippen molar-refractivity contribution in [3.8, 4) is 17.2 Å². The topological polar surface area (TPSA) is 81.0 Å². The second-order valence-electron chi connectivity index (χ2n) is 6.38. The summed E-state index contributed by atoms with van der Waals surface area (Å²) in [6, 6.07) is 5.35. The van der Waals surface area contributed by atoms with Gasteiger partial charge < -0.3 is 9.26 Å². The van der Waals surface area contributed by atoms with E-state index in [2.05, 4.69) is 15.1 Å². The summed E-state index contributed by atoms with van der Waals surface area (Å²) in [5.41, 5.74) is -0.391. The first-order chi connectivity index (χ1) is 13.8. The monoisotopic (exact) mass is 411 g/mol. The molecule has 0 aromatic carbocycles. The normalized spacial score (nSPS) is 14.0. The Morgan fingerprint density at radius 2 is 1.93 bits per heavy atom. The zero-order chi connectivity index (χ0) is 21.0. The Morgan fingerprint density at radius 1 is 1.17 bits per heavy atom. The number of ether oxygens (including phenoxy) is 1. The predicted octanol–water partition coefficient (Wildman–Crippen LogP) is 4.55. The van der Waals surface area contributed by atoms with Crippen molar-refractivity contribution in [2.75, 3.05) is 7.11 Å². The van der Waals surface area contributed by atoms with E-state index in [-0.39, 0.29) is 17.2 Å². The molecule has 0 amide bonds. The number of nitrogens with zero attached hydrogens (tertiary/aromatic N) is 2. The summed E-state index contributed by atoms with van der Waals surface area (Å²) in [5, 5.41) is 2.21. The highest BCUT2D eigenvalue weighted by Crippen LogP contribution is 2.38. The van der Waals surface area contributed by atoms with Gasteiger partial charge in [0.1, 0.15) is 5.82 Å². The number of hydrogen-bond donors (Lipinski definition) is 1. The maximum Gasteiger partial charge on any atom is 0.417 e. The molecule has 1 N–H and O–H groups in total. The van der Waals surface area contributed by atoms with Crippen molar-refractivity contribution in [3.63, 3.8) is 0 Å². The van der Waals surface area contributed by atoms with Crippen molar-refractivity contribution < 1.29 is 26.8 Å². The van der Waals surface area contributed by atoms with Crippen LogP contribution in [0.1, 0.15) is 36.4 Å². The highest BCUT2D eigenvalue weighted by atomic mass is 19.4. The molecule has 29 heavy (non-hydrogen) atoms. The van der Waals surface area contributed by atoms with E-state index in [0.29, 0.717) is 23.9 Å². The van der Waals surface area contributed by atoms with Crippen molar-refractivity contribution >= 4 is 0 Å². The van der Waals surface area contributed by atoms with E-state index in [0.717, 1.165) is 24.8 Å². The van der Waals surface area contributed by atoms with Crippen LogP contribution < -0.4 is 10.3 Å². The van der Waals surface area contributed by atoms with E-state index < -0.39 is 17.6 Å². The molecule has 1 saturated carbocycles. The molecule has 1 fully saturated rings. The number of nitrogens with one attached hydrogen (secondary N) is 1. The van der Waals surface area contributed by atoms with E-state index in [1.54, 1.807) is 25.4 Å². The first-order valence-electron chi connectivity index (χ1n) is 8.69. The minimum Gasteiger partial charge on any atom is -0.481 e. The van der Waals surface area contributed by atoms with Gasteiger partial charge in [-0.3, -0.25) is 9.78 Å². The molecule has 0 atom stereocenters. The molecule has 6 nitrogen and oxygen atoms in total. The summed E-state index contributed by atoms with van der Waals surface area (Å²) in [4.78, 5) is 18.3. The zero-order valence-corrected chi connectivity index (χ0v) is 15.3. The first-order valence-corrected chi connectivity index (χ1v) is 8.69. The molecule has 0 aliphatic heterocycles. The SMILES string of the molecule is COc1ccc(-c2cc(=O)[nH]o2)cn1.Fc1cc(C(F)(F)F)cnc1C1CCC1. The molecule has 4 rings (SSSR count). The van der Waals surface area contributed by atoms with Crippen LogP contribution in [0.3, 0.4) is 0 Å². The summed E-state index contributed by atoms with van der Waals surface area (Å²) in [7, 11) is 1.54. The largest absolute Gasteiger partial charge is 0.481 e. The van der Waals surface area contributed by atoms with Crippen molar-refractivity contribution in [3.05, 3.63) is 64.1 Å². The summed E-state index contributed by atoms with van der Waals surface area (Å²) >= 11 is 0. The van der Waals surface area contributed by atoms with Gasteiger partial charge in [-0.25, -0.2) is 9.37 Å². The first kappa shape index (κ1) is 20.6. The molecule has 0 saturated heterocycles. The number of alkyl halides is 3. The maximum absolute atomic E-state index is 13.3. The number of rotatable bonds is 3. The molecule has 3 heterocycles. The second kappa shape index (κ2) is 8.46. The molecular weight excluding hydrogens is 394 g/mol. The lowest BCUT2D eigenvalue weighted by molar-refractivity contribution is -0.138. The quantitative estimate of drug-likeness (QED) is 0.640. The van der Waals surface area contributed by atoms with E-state index >= 15 is 0 Å². The third-order valence-corrected chi connectivity index (χ3v) is 4.44. The average molecular weight is 411 g/mol. The van der Waals surface area contributed by atoms with Gasteiger partial charge in [0.05, 0.1) is 24.4 Å². The summed E-state index contributed by atoms with van der Waals surface area (Å²) in [5.74, 6) is 0.151. The molecule has 1 aliphatic carbocycles. The lowest BCUT2D eigenvalue weighted by Gasteiger charge is -2.25. The molecule has 0 radical (unpaired) electrons. The van der Waals surface area contributed by atoms with E-state index in [9.17, 15) is 22.4 Å². The molecule has 10 heteroatoms. The zero-order valence-electron chi connectivity index (χ0n) is 15.3. The highest BCUT2D eigenvalue weighted by Gasteiger charge is 2.33. The van der Waals surface area contributed by atoms with Crippen molar-refractivity contribution in [2.45, 2.75) is 31.4 Å². The Morgan fingerprint density at radius 3 is 2.38 bits per heavy atom. The standard InChI is InChI=1S/C10H9F4N.C9H8N2O3/c11-8-4-7(10(12,13)14)5-15-9(8)6-2-1-3-6;1-13-9-3-2-6(5-10-9)7-4-8(12)11-14-7/h4-6H,1-3H2;2-5H,1H3,(H,11,12). The van der Waals surface area contributed by atoms with Crippen LogP contribution in [-0.2, 0) is 6.18 Å². The molecule has 0 bridgehead atoms. The maximum atomic E-state index is 13.3. The van der Waals surface area contributed by atoms with Gasteiger partial charge >= 0.3 is 6.18 Å². The molecular formula is C19H17F4N3O3. The van der Waals surface area contributed by atoms with Crippen LogP contribution in [0, 0.1) is 5.82 Å². The van der Waals surface area contributed by atoms with Gasteiger partial charge in [-0.2, -0.15) is 18.3 Å². The molecule has 154 valence electrons. The molecule has 1 aliphatic rings. The van der Waals surface area contributed by atoms with Gasteiger partial charge in [0.25, 0.3) is 5.56 Å². The average Bonchev–Trinajstić information content (AvgIpc) is 3.08. The Balaban J connectivity index is 0.000000166. The van der Waals surface area contributed by atoms with Crippen LogP contribution in [0.25, 0.3) is 11.3 Å². The number of aromatic nitrogens is 3. The van der Waals surface area contributed by atoms with E-state index in [1.165, 1.54) is 6.07 Å². The second-order valence-corrected chi connectivity index (χ2v) is 6.38. The van der Waals surface area contributed by atoms with Crippen molar-refractivity contribution in [2.24, 2.45) is 0 Å². The van der Waals surface area contributed by atoms with Crippen LogP contribution in [-0.4, -0.2) is 22.2 Å². The minimum atomic E-state index is -4.52. The number of hydrogen-bond acceptors (Lipinski definition) is 5. The lowest BCUT2D eigenvalue weighted by atomic mass is 9.82. The highest BCUT2D eigenvalue weighted by molar-refractivity contribution is 5.55. The van der Waals surface area contributed by atoms with Gasteiger partial charge in [0.15, 0.2) is 5.76 Å². The van der Waals surface area contributed by atoms with Crippen LogP contribution in [0.5, 0.6) is 5.88 Å². The fourth-order valence-corrected chi connectivity index (χ4v) is 2.66. The number of H-pyrrole nitrogens is 1. The number of aromatic amines is 1. The Bertz CT molecular complexity index is 1010. The van der Waals surface area contributed by atoms with Crippen LogP contribution in [0.15, 0.2) is 46.0 Å². The molecule has 0 unspecified atom stereocenters. The van der Waals surface area contributed by atoms with Crippen LogP contribution in [0.2, 0.25) is 0 Å². The van der Waals surface area contributed by atoms with Gasteiger partial charge in [-0.05, 0) is 25.0 Å². The minimum absolute atomic E-state index is 0.00674. The summed E-state index contributed by atoms with van der Waals surface area (Å²) in [6.45, 7) is 0. The van der Waals surface area contributed by atoms with Gasteiger partial charge in [-0.1, -0.05) is 6.42 Å². The molecule has 3 aromatic heterocycles. The Labute approximate surface area is 162 Å². The van der Waals surface area contributed by atoms with E-state index in [4.69, 9.17) is 9.26 Å². The smallest absolute Gasteiger partial charge is 0.417 e. The van der Waals surface area contributed by atoms with Gasteiger partial charge in [0, 0.05) is 29.9 Å². The number of halogens is 4. The third kappa shape index (κ3) is 5.01. The molecule has 3 aromatic rings. The Hall–Kier alpha value is -3.17. The van der Waals surface area contributed by atoms with Crippen LogP contribution >= 0.6 is 0 Å². The van der Waals surface area contributed by atoms with E-state index in [1.807, 2.05) is 0 Å². The van der Waals surface area contributed by atoms with Gasteiger partial charge in [-0.15, -0.1) is 0 Å². The molecule has 0 spiro atoms. The number of methoxy groups -OCH3 is 1. The fourth-order valence-electron chi connectivity index (χ4n) is 2.66. The fraction of sp³-hybridized carbons (Fsp3) is 0.316. The summed E-state index contributed by atoms with van der Waals surface area (Å²) in [6.07, 6.45) is 0.380. The Kier molecular flexibility index (Phi) is 6.00. The van der Waals surface area contributed by atoms with Crippen LogP contribution in [0.4, 0.5) is 17.6 Å².